The summed E-state index contributed by atoms with van der Waals surface area (Å²) in [5.41, 5.74) is -0.630. The number of hydrogen-bond acceptors (Lipinski definition) is 0. The standard InChI is InChI=1S/C9H5BrF4/c10-8(11)5-6-2-1-3-7(4-6)9(12,13)14/h1-5H/b8-5+. The molecule has 76 valence electrons. The van der Waals surface area contributed by atoms with Crippen LogP contribution in [-0.2, 0) is 6.18 Å². The van der Waals surface area contributed by atoms with E-state index in [1.54, 1.807) is 0 Å². The van der Waals surface area contributed by atoms with E-state index in [2.05, 4.69) is 15.9 Å². The number of rotatable bonds is 1. The summed E-state index contributed by atoms with van der Waals surface area (Å²) in [7, 11) is 0. The van der Waals surface area contributed by atoms with Crippen molar-refractivity contribution in [2.45, 2.75) is 6.18 Å². The summed E-state index contributed by atoms with van der Waals surface area (Å²) >= 11 is 2.50. The predicted octanol–water partition coefficient (Wildman–Crippen LogP) is 4.37. The quantitative estimate of drug-likeness (QED) is 0.664. The van der Waals surface area contributed by atoms with Crippen molar-refractivity contribution in [3.8, 4) is 0 Å². The predicted molar refractivity (Wildman–Crippen MR) is 49.5 cm³/mol. The van der Waals surface area contributed by atoms with Gasteiger partial charge < -0.3 is 0 Å². The molecular formula is C9H5BrF4. The van der Waals surface area contributed by atoms with Crippen LogP contribution in [0.5, 0.6) is 0 Å². The highest BCUT2D eigenvalue weighted by Crippen LogP contribution is 2.30. The molecule has 0 N–H and O–H groups in total. The minimum absolute atomic E-state index is 0.161. The highest BCUT2D eigenvalue weighted by Gasteiger charge is 2.30. The lowest BCUT2D eigenvalue weighted by molar-refractivity contribution is -0.137. The van der Waals surface area contributed by atoms with Crippen molar-refractivity contribution in [2.75, 3.05) is 0 Å². The van der Waals surface area contributed by atoms with Crippen LogP contribution in [0.3, 0.4) is 0 Å². The fourth-order valence-electron chi connectivity index (χ4n) is 0.931. The summed E-state index contributed by atoms with van der Waals surface area (Å²) in [6, 6.07) is 4.42. The third kappa shape index (κ3) is 3.14. The van der Waals surface area contributed by atoms with Crippen LogP contribution in [0.1, 0.15) is 11.1 Å². The van der Waals surface area contributed by atoms with Gasteiger partial charge in [-0.25, -0.2) is 0 Å². The lowest BCUT2D eigenvalue weighted by atomic mass is 10.1. The Hall–Kier alpha value is -0.840. The molecule has 0 spiro atoms. The van der Waals surface area contributed by atoms with Gasteiger partial charge in [-0.1, -0.05) is 12.1 Å². The summed E-state index contributed by atoms with van der Waals surface area (Å²) in [4.78, 5) is 0. The zero-order valence-electron chi connectivity index (χ0n) is 6.78. The summed E-state index contributed by atoms with van der Waals surface area (Å²) in [6.07, 6.45) is -3.43. The molecule has 0 unspecified atom stereocenters. The van der Waals surface area contributed by atoms with Crippen molar-refractivity contribution in [1.29, 1.82) is 0 Å². The molecule has 1 rings (SSSR count). The highest BCUT2D eigenvalue weighted by molar-refractivity contribution is 9.11. The Morgan fingerprint density at radius 3 is 2.43 bits per heavy atom. The van der Waals surface area contributed by atoms with Gasteiger partial charge in [-0.3, -0.25) is 0 Å². The van der Waals surface area contributed by atoms with E-state index in [-0.39, 0.29) is 5.56 Å². The van der Waals surface area contributed by atoms with Gasteiger partial charge in [0.25, 0.3) is 0 Å². The summed E-state index contributed by atoms with van der Waals surface area (Å²) in [6.45, 7) is 0. The first-order chi connectivity index (χ1) is 6.39. The largest absolute Gasteiger partial charge is 0.416 e. The lowest BCUT2D eigenvalue weighted by Gasteiger charge is -2.06. The van der Waals surface area contributed by atoms with Crippen molar-refractivity contribution < 1.29 is 17.6 Å². The smallest absolute Gasteiger partial charge is 0.199 e. The van der Waals surface area contributed by atoms with Crippen LogP contribution >= 0.6 is 15.9 Å². The maximum Gasteiger partial charge on any atom is 0.416 e. The average molecular weight is 269 g/mol. The van der Waals surface area contributed by atoms with Crippen molar-refractivity contribution in [3.05, 3.63) is 40.1 Å². The molecule has 1 aromatic rings. The minimum Gasteiger partial charge on any atom is -0.199 e. The zero-order chi connectivity index (χ0) is 10.8. The molecule has 0 fully saturated rings. The van der Waals surface area contributed by atoms with Crippen LogP contribution in [0.4, 0.5) is 17.6 Å². The van der Waals surface area contributed by atoms with Gasteiger partial charge in [0.1, 0.15) is 0 Å². The van der Waals surface area contributed by atoms with Crippen LogP contribution in [0.25, 0.3) is 6.08 Å². The Morgan fingerprint density at radius 1 is 1.29 bits per heavy atom. The number of hydrogen-bond donors (Lipinski definition) is 0. The maximum absolute atomic E-state index is 12.3. The van der Waals surface area contributed by atoms with Gasteiger partial charge in [-0.05, 0) is 39.7 Å². The molecule has 0 atom stereocenters. The molecule has 0 aromatic heterocycles. The van der Waals surface area contributed by atoms with Crippen molar-refractivity contribution in [1.82, 2.24) is 0 Å². The number of halogens is 5. The molecule has 0 saturated heterocycles. The lowest BCUT2D eigenvalue weighted by Crippen LogP contribution is -2.04. The molecule has 5 heteroatoms. The molecule has 0 aliphatic rings. The maximum atomic E-state index is 12.3. The molecule has 14 heavy (non-hydrogen) atoms. The number of benzene rings is 1. The molecular weight excluding hydrogens is 264 g/mol. The van der Waals surface area contributed by atoms with Crippen LogP contribution in [0.15, 0.2) is 29.0 Å². The van der Waals surface area contributed by atoms with Gasteiger partial charge in [-0.2, -0.15) is 17.6 Å². The van der Waals surface area contributed by atoms with E-state index < -0.39 is 16.5 Å². The third-order valence-corrected chi connectivity index (χ3v) is 1.72. The fraction of sp³-hybridized carbons (Fsp3) is 0.111. The molecule has 0 heterocycles. The molecule has 0 aliphatic heterocycles. The minimum atomic E-state index is -4.40. The Kier molecular flexibility index (Phi) is 3.31. The first-order valence-corrected chi connectivity index (χ1v) is 4.39. The van der Waals surface area contributed by atoms with Gasteiger partial charge in [0, 0.05) is 0 Å². The van der Waals surface area contributed by atoms with E-state index in [1.807, 2.05) is 0 Å². The van der Waals surface area contributed by atoms with E-state index >= 15 is 0 Å². The Balaban J connectivity index is 3.08. The Morgan fingerprint density at radius 2 is 1.93 bits per heavy atom. The normalized spacial score (nSPS) is 13.1. The number of alkyl halides is 3. The van der Waals surface area contributed by atoms with Gasteiger partial charge in [0.15, 0.2) is 4.74 Å². The van der Waals surface area contributed by atoms with E-state index in [1.165, 1.54) is 12.1 Å². The summed E-state index contributed by atoms with van der Waals surface area (Å²) in [5, 5.41) is 0. The van der Waals surface area contributed by atoms with Gasteiger partial charge in [-0.15, -0.1) is 0 Å². The van der Waals surface area contributed by atoms with Crippen molar-refractivity contribution in [3.63, 3.8) is 0 Å². The molecule has 0 bridgehead atoms. The molecule has 0 aliphatic carbocycles. The topological polar surface area (TPSA) is 0 Å². The van der Waals surface area contributed by atoms with Crippen LogP contribution < -0.4 is 0 Å². The second-order valence-electron chi connectivity index (χ2n) is 2.56. The Labute approximate surface area is 86.4 Å². The molecule has 1 aromatic carbocycles. The monoisotopic (exact) mass is 268 g/mol. The molecule has 0 nitrogen and oxygen atoms in total. The van der Waals surface area contributed by atoms with Crippen molar-refractivity contribution >= 4 is 22.0 Å². The SMILES string of the molecule is F/C(Br)=C/c1cccc(C(F)(F)F)c1. The second kappa shape index (κ2) is 4.13. The van der Waals surface area contributed by atoms with Crippen LogP contribution in [0.2, 0.25) is 0 Å². The first kappa shape index (κ1) is 11.2. The van der Waals surface area contributed by atoms with E-state index in [0.29, 0.717) is 0 Å². The summed E-state index contributed by atoms with van der Waals surface area (Å²) in [5.74, 6) is 0. The van der Waals surface area contributed by atoms with Gasteiger partial charge in [0.2, 0.25) is 0 Å². The highest BCUT2D eigenvalue weighted by atomic mass is 79.9. The Bertz CT molecular complexity index is 350. The van der Waals surface area contributed by atoms with Crippen LogP contribution in [-0.4, -0.2) is 0 Å². The van der Waals surface area contributed by atoms with E-state index in [9.17, 15) is 17.6 Å². The fourth-order valence-corrected chi connectivity index (χ4v) is 1.20. The summed E-state index contributed by atoms with van der Waals surface area (Å²) < 4.78 is 48.1. The zero-order valence-corrected chi connectivity index (χ0v) is 8.36. The van der Waals surface area contributed by atoms with Crippen LogP contribution in [0, 0.1) is 0 Å². The average Bonchev–Trinajstić information content (AvgIpc) is 2.01. The van der Waals surface area contributed by atoms with Crippen molar-refractivity contribution in [2.24, 2.45) is 0 Å². The van der Waals surface area contributed by atoms with Gasteiger partial charge >= 0.3 is 6.18 Å². The van der Waals surface area contributed by atoms with Gasteiger partial charge in [0.05, 0.1) is 5.56 Å². The third-order valence-electron chi connectivity index (χ3n) is 1.49. The molecule has 0 amide bonds. The van der Waals surface area contributed by atoms with E-state index in [0.717, 1.165) is 18.2 Å². The first-order valence-electron chi connectivity index (χ1n) is 3.59. The second-order valence-corrected chi connectivity index (χ2v) is 3.31. The molecule has 0 radical (unpaired) electrons. The van der Waals surface area contributed by atoms with E-state index in [4.69, 9.17) is 0 Å². The molecule has 0 saturated carbocycles.